The van der Waals surface area contributed by atoms with E-state index in [0.717, 1.165) is 19.1 Å². The molecule has 56 heteroatoms. The largest absolute Gasteiger partial charge is 0.508 e. The van der Waals surface area contributed by atoms with Crippen molar-refractivity contribution >= 4 is 143 Å². The van der Waals surface area contributed by atoms with Gasteiger partial charge >= 0.3 is 11.9 Å². The van der Waals surface area contributed by atoms with Crippen LogP contribution in [0.4, 0.5) is 0 Å². The number of carbonyl (C=O) groups is 21. The monoisotopic (exact) mass is 1860 g/mol. The van der Waals surface area contributed by atoms with Gasteiger partial charge in [-0.25, -0.2) is 4.79 Å². The molecule has 129 heavy (non-hydrogen) atoms. The van der Waals surface area contributed by atoms with Gasteiger partial charge in [0.15, 0.2) is 5.96 Å². The van der Waals surface area contributed by atoms with Crippen LogP contribution in [0.3, 0.4) is 0 Å². The lowest BCUT2D eigenvalue weighted by Gasteiger charge is -2.30. The Morgan fingerprint density at radius 3 is 1.05 bits per heavy atom. The Morgan fingerprint density at radius 1 is 0.380 bits per heavy atom. The summed E-state index contributed by atoms with van der Waals surface area (Å²) in [4.78, 5) is 278. The summed E-state index contributed by atoms with van der Waals surface area (Å²) in [5.41, 5.74) is 21.6. The minimum Gasteiger partial charge on any atom is -0.508 e. The van der Waals surface area contributed by atoms with Crippen molar-refractivity contribution in [2.75, 3.05) is 65.1 Å². The molecule has 0 aliphatic rings. The van der Waals surface area contributed by atoms with Crippen LogP contribution in [0.1, 0.15) is 92.6 Å². The highest BCUT2D eigenvalue weighted by Gasteiger charge is 2.41. The molecule has 0 heterocycles. The van der Waals surface area contributed by atoms with Gasteiger partial charge in [-0.1, -0.05) is 60.1 Å². The Labute approximate surface area is 741 Å². The highest BCUT2D eigenvalue weighted by atomic mass is 32.1. The lowest BCUT2D eigenvalue weighted by Crippen LogP contribution is -2.63. The molecule has 0 fully saturated rings. The van der Waals surface area contributed by atoms with Gasteiger partial charge in [0.25, 0.3) is 0 Å². The molecule has 0 spiro atoms. The van der Waals surface area contributed by atoms with Crippen LogP contribution in [0.15, 0.2) is 24.3 Å². The van der Waals surface area contributed by atoms with Crippen LogP contribution in [0.5, 0.6) is 5.75 Å². The van der Waals surface area contributed by atoms with Crippen LogP contribution in [0, 0.1) is 23.2 Å². The number of hydrogen-bond acceptors (Lipinski definition) is 33. The number of benzene rings is 1. The molecule has 0 aliphatic carbocycles. The molecule has 19 atom stereocenters. The minimum atomic E-state index is -2.12. The second-order valence-corrected chi connectivity index (χ2v) is 30.1. The number of carboxylic acid groups (broad SMARTS) is 2. The van der Waals surface area contributed by atoms with E-state index in [9.17, 15) is 152 Å². The molecule has 1 rings (SSSR count). The van der Waals surface area contributed by atoms with Crippen molar-refractivity contribution in [3.05, 3.63) is 29.8 Å². The number of primary amides is 2. The van der Waals surface area contributed by atoms with Crippen molar-refractivity contribution in [2.45, 2.75) is 202 Å². The first kappa shape index (κ1) is 114. The fourth-order valence-electron chi connectivity index (χ4n) is 11.2. The molecule has 0 saturated carbocycles. The van der Waals surface area contributed by atoms with E-state index in [4.69, 9.17) is 33.5 Å². The van der Waals surface area contributed by atoms with Crippen molar-refractivity contribution in [2.24, 2.45) is 40.7 Å². The van der Waals surface area contributed by atoms with E-state index in [0.29, 0.717) is 0 Å². The van der Waals surface area contributed by atoms with E-state index in [1.807, 2.05) is 26.6 Å². The predicted molar refractivity (Wildman–Crippen MR) is 445 cm³/mol. The zero-order chi connectivity index (χ0) is 98.6. The fraction of sp³-hybridized carbons (Fsp3) is 0.616. The first-order valence-corrected chi connectivity index (χ1v) is 40.4. The van der Waals surface area contributed by atoms with Crippen molar-refractivity contribution in [3.8, 4) is 5.75 Å². The number of nitrogens with one attached hydrogen (secondary N) is 19. The first-order valence-electron chi connectivity index (χ1n) is 39.7. The van der Waals surface area contributed by atoms with Crippen LogP contribution >= 0.6 is 12.6 Å². The summed E-state index contributed by atoms with van der Waals surface area (Å²) in [6.45, 7) is 0.262. The summed E-state index contributed by atoms with van der Waals surface area (Å²) in [6, 6.07) is -26.7. The van der Waals surface area contributed by atoms with Gasteiger partial charge in [0.2, 0.25) is 112 Å². The molecule has 1 aromatic carbocycles. The van der Waals surface area contributed by atoms with E-state index in [-0.39, 0.29) is 43.1 Å². The second kappa shape index (κ2) is 57.8. The second-order valence-electron chi connectivity index (χ2n) is 29.8. The normalized spacial score (nSPS) is 15.5. The van der Waals surface area contributed by atoms with Crippen molar-refractivity contribution in [3.63, 3.8) is 0 Å². The Balaban J connectivity index is 3.38. The van der Waals surface area contributed by atoms with Gasteiger partial charge in [-0.15, -0.1) is 0 Å². The van der Waals surface area contributed by atoms with Gasteiger partial charge in [0.05, 0.1) is 84.2 Å². The molecule has 0 saturated heterocycles. The molecule has 19 amide bonds. The van der Waals surface area contributed by atoms with Gasteiger partial charge in [-0.2, -0.15) is 12.6 Å². The number of aliphatic hydroxyl groups excluding tert-OH is 8. The maximum Gasteiger partial charge on any atom is 0.326 e. The number of guanidine groups is 1. The van der Waals surface area contributed by atoms with E-state index in [1.165, 1.54) is 53.7 Å². The van der Waals surface area contributed by atoms with Crippen molar-refractivity contribution in [1.82, 2.24) is 95.7 Å². The van der Waals surface area contributed by atoms with Crippen molar-refractivity contribution < 1.29 is 157 Å². The number of carbonyl (C=O) groups excluding carboxylic acids is 19. The summed E-state index contributed by atoms with van der Waals surface area (Å²) in [5.74, 6) is -31.0. The van der Waals surface area contributed by atoms with E-state index >= 15 is 0 Å². The number of thiol groups is 1. The molecule has 55 nitrogen and oxygen atoms in total. The number of hydrogen-bond donors (Lipinski definition) is 35. The Hall–Kier alpha value is -12.8. The zero-order valence-electron chi connectivity index (χ0n) is 71.2. The smallest absolute Gasteiger partial charge is 0.326 e. The molecule has 724 valence electrons. The third-order valence-corrected chi connectivity index (χ3v) is 19.1. The van der Waals surface area contributed by atoms with Gasteiger partial charge < -0.3 is 175 Å². The van der Waals surface area contributed by atoms with Crippen molar-refractivity contribution in [1.29, 1.82) is 5.41 Å². The Bertz CT molecular complexity index is 4080. The Kier molecular flexibility index (Phi) is 51.1. The molecular formula is C73H119N23O32S. The zero-order valence-corrected chi connectivity index (χ0v) is 72.1. The molecule has 0 aliphatic heterocycles. The number of nitrogens with two attached hydrogens (primary N) is 4. The van der Waals surface area contributed by atoms with Crippen LogP contribution in [0.25, 0.3) is 0 Å². The average Bonchev–Trinajstić information content (AvgIpc) is 0.854. The maximum atomic E-state index is 14.3. The quantitative estimate of drug-likeness (QED) is 0.0125. The molecule has 0 radical (unpaired) electrons. The standard InChI is InChI=1S/C73H119N23O32S/c1-8-31(6)54(70(125)90-44(25-101)63(118)88-45(26-102)65(120)94-53(30(4)5)69(124)95-52(29(2)3)68(123)89-42(23-99)61(116)81-36(72(127)128)10-9-15-79-73(77)78)96-66(121)46(27-103)87-60(115)38(18-48(75)106)83-58(113)37(16-33-11-13-34(105)14-12-33)82-62(117)43(24-100)91-71(126)55(32(7)104)93-50(108)20-80-57(112)40(21-97)86-59(114)39(19-49(76)107)84-67(122)47(28-129)92-64(119)41(22-98)85-56(111)35(74)17-51(109)110/h11-14,29-32,35-47,52-55,97-105,129H,8-10,15-28,74H2,1-7H3,(H2,75,106)(H2,76,107)(H,80,112)(H,81,116)(H,82,117)(H,83,113)(H,84,122)(H,85,111)(H,86,114)(H,87,115)(H,88,118)(H,89,123)(H,90,125)(H,91,126)(H,92,119)(H,93,108)(H,94,120)(H,95,124)(H,96,121)(H,109,110)(H,127,128)(H4,77,78,79)/t31-,32+,35-,36-,37-,38-,39-,40-,41-,42-,43-,44-,45-,46-,47-,52-,53-,54-,55-/m0/s1. The number of amides is 19. The third-order valence-electron chi connectivity index (χ3n) is 18.7. The van der Waals surface area contributed by atoms with Crippen LogP contribution in [-0.4, -0.2) is 360 Å². The number of phenols is 1. The molecule has 0 bridgehead atoms. The number of aromatic hydroxyl groups is 1. The summed E-state index contributed by atoms with van der Waals surface area (Å²) in [7, 11) is 0. The summed E-state index contributed by atoms with van der Waals surface area (Å²) >= 11 is 3.96. The number of aliphatic carboxylic acids is 2. The maximum absolute atomic E-state index is 14.3. The van der Waals surface area contributed by atoms with Gasteiger partial charge in [-0.3, -0.25) is 101 Å². The van der Waals surface area contributed by atoms with Gasteiger partial charge in [0.1, 0.15) is 102 Å². The highest BCUT2D eigenvalue weighted by molar-refractivity contribution is 7.80. The topological polar surface area (TPSA) is 925 Å². The van der Waals surface area contributed by atoms with Crippen LogP contribution in [0.2, 0.25) is 0 Å². The first-order chi connectivity index (χ1) is 60.4. The van der Waals surface area contributed by atoms with Gasteiger partial charge in [0, 0.05) is 18.7 Å². The minimum absolute atomic E-state index is 0.0601. The number of phenolic OH excluding ortho intramolecular Hbond substituents is 1. The fourth-order valence-corrected chi connectivity index (χ4v) is 11.5. The molecule has 1 aromatic rings. The van der Waals surface area contributed by atoms with Gasteiger partial charge in [-0.05, 0) is 55.2 Å². The molecule has 38 N–H and O–H groups in total. The molecule has 0 aromatic heterocycles. The summed E-state index contributed by atoms with van der Waals surface area (Å²) < 4.78 is 0. The number of aliphatic hydroxyl groups is 8. The van der Waals surface area contributed by atoms with E-state index in [1.54, 1.807) is 0 Å². The summed E-state index contributed by atoms with van der Waals surface area (Å²) in [6.07, 6.45) is -5.42. The van der Waals surface area contributed by atoms with Crippen LogP contribution in [-0.2, 0) is 107 Å². The van der Waals surface area contributed by atoms with E-state index < -0.39 is 335 Å². The molecular weight excluding hydrogens is 1740 g/mol. The Morgan fingerprint density at radius 2 is 0.690 bits per heavy atom. The van der Waals surface area contributed by atoms with Crippen LogP contribution < -0.4 is 119 Å². The lowest BCUT2D eigenvalue weighted by atomic mass is 9.97. The SMILES string of the molecule is CC[C@H](C)[C@H](NC(=O)[C@H](CO)NC(=O)[C@H](CC(N)=O)NC(=O)[C@H](Cc1ccc(O)cc1)NC(=O)[C@H](CO)NC(=O)[C@@H](NC(=O)CNC(=O)[C@H](CO)NC(=O)[C@H](CC(N)=O)NC(=O)[C@H](CS)NC(=O)[C@H](CO)NC(=O)[C@@H](N)CC(=O)O)[C@@H](C)O)C(=O)N[C@@H](CO)C(=O)N[C@@H](CO)C(=O)N[C@H](C(=O)N[C@H](C(=O)N[C@@H](CO)C(=O)N[C@@H](CCCNC(=N)N)C(=O)O)C(C)C)C(C)C. The average molecular weight is 1860 g/mol. The predicted octanol–water partition coefficient (Wildman–Crippen LogP) is -17.7. The third kappa shape index (κ3) is 40.3. The van der Waals surface area contributed by atoms with E-state index in [2.05, 4.69) is 81.7 Å². The number of carboxylic acids is 2. The number of rotatable bonds is 60. The highest BCUT2D eigenvalue weighted by Crippen LogP contribution is 2.15. The lowest BCUT2D eigenvalue weighted by molar-refractivity contribution is -0.143. The summed E-state index contributed by atoms with van der Waals surface area (Å²) in [5, 5.41) is 157. The molecule has 0 unspecified atom stereocenters.